The summed E-state index contributed by atoms with van der Waals surface area (Å²) in [5, 5.41) is 3.94. The predicted octanol–water partition coefficient (Wildman–Crippen LogP) is 5.71. The van der Waals surface area contributed by atoms with E-state index in [0.717, 1.165) is 16.7 Å². The maximum Gasteiger partial charge on any atom is 0.243 e. The van der Waals surface area contributed by atoms with Gasteiger partial charge in [0.1, 0.15) is 11.8 Å². The van der Waals surface area contributed by atoms with E-state index in [1.807, 2.05) is 68.4 Å². The van der Waals surface area contributed by atoms with Gasteiger partial charge in [-0.05, 0) is 54.8 Å². The zero-order chi connectivity index (χ0) is 25.4. The average Bonchev–Trinajstić information content (AvgIpc) is 2.83. The molecule has 0 heterocycles. The molecular weight excluding hydrogens is 483 g/mol. The van der Waals surface area contributed by atoms with E-state index in [1.165, 1.54) is 0 Å². The molecule has 0 saturated carbocycles. The topological polar surface area (TPSA) is 58.6 Å². The Morgan fingerprint density at radius 3 is 2.23 bits per heavy atom. The molecule has 35 heavy (non-hydrogen) atoms. The Kier molecular flexibility index (Phi) is 9.58. The third-order valence-electron chi connectivity index (χ3n) is 5.57. The Morgan fingerprint density at radius 1 is 0.943 bits per heavy atom. The molecule has 1 N–H and O–H groups in total. The highest BCUT2D eigenvalue weighted by atomic mass is 35.5. The van der Waals surface area contributed by atoms with Gasteiger partial charge in [0.2, 0.25) is 11.8 Å². The molecule has 3 aromatic rings. The Hall–Kier alpha value is -3.02. The van der Waals surface area contributed by atoms with E-state index in [1.54, 1.807) is 30.2 Å². The van der Waals surface area contributed by atoms with Crippen LogP contribution in [0.2, 0.25) is 10.0 Å². The largest absolute Gasteiger partial charge is 0.497 e. The Bertz CT molecular complexity index is 1130. The number of carbonyl (C=O) groups is 2. The first kappa shape index (κ1) is 26.6. The van der Waals surface area contributed by atoms with Gasteiger partial charge in [-0.3, -0.25) is 9.59 Å². The number of ether oxygens (including phenoxy) is 1. The predicted molar refractivity (Wildman–Crippen MR) is 141 cm³/mol. The molecule has 0 saturated heterocycles. The Morgan fingerprint density at radius 2 is 1.63 bits per heavy atom. The van der Waals surface area contributed by atoms with Crippen molar-refractivity contribution in [3.05, 3.63) is 99.5 Å². The van der Waals surface area contributed by atoms with E-state index in [-0.39, 0.29) is 30.8 Å². The zero-order valence-corrected chi connectivity index (χ0v) is 21.6. The van der Waals surface area contributed by atoms with Gasteiger partial charge in [0.15, 0.2) is 0 Å². The van der Waals surface area contributed by atoms with Crippen LogP contribution < -0.4 is 10.1 Å². The van der Waals surface area contributed by atoms with E-state index in [2.05, 4.69) is 5.32 Å². The first-order chi connectivity index (χ1) is 16.8. The maximum atomic E-state index is 13.7. The number of amides is 2. The molecule has 7 heteroatoms. The summed E-state index contributed by atoms with van der Waals surface area (Å²) in [6, 6.07) is 21.4. The van der Waals surface area contributed by atoms with Crippen LogP contribution in [0, 0.1) is 0 Å². The van der Waals surface area contributed by atoms with E-state index in [0.29, 0.717) is 22.2 Å². The van der Waals surface area contributed by atoms with Crippen LogP contribution in [0.1, 0.15) is 30.5 Å². The second-order valence-corrected chi connectivity index (χ2v) is 9.49. The summed E-state index contributed by atoms with van der Waals surface area (Å²) in [4.78, 5) is 28.7. The molecule has 3 rings (SSSR count). The van der Waals surface area contributed by atoms with E-state index in [9.17, 15) is 9.59 Å². The van der Waals surface area contributed by atoms with Crippen LogP contribution in [-0.2, 0) is 29.0 Å². The number of carbonyl (C=O) groups excluding carboxylic acids is 2. The summed E-state index contributed by atoms with van der Waals surface area (Å²) < 4.78 is 5.22. The molecule has 0 spiro atoms. The van der Waals surface area contributed by atoms with Crippen LogP contribution in [0.3, 0.4) is 0 Å². The van der Waals surface area contributed by atoms with Crippen molar-refractivity contribution < 1.29 is 14.3 Å². The third-order valence-corrected chi connectivity index (χ3v) is 6.16. The van der Waals surface area contributed by atoms with Crippen molar-refractivity contribution >= 4 is 35.0 Å². The third kappa shape index (κ3) is 7.74. The van der Waals surface area contributed by atoms with Gasteiger partial charge in [-0.2, -0.15) is 0 Å². The first-order valence-corrected chi connectivity index (χ1v) is 12.2. The molecule has 0 fully saturated rings. The van der Waals surface area contributed by atoms with Crippen molar-refractivity contribution in [3.8, 4) is 5.75 Å². The molecule has 0 aliphatic carbocycles. The fourth-order valence-corrected chi connectivity index (χ4v) is 4.26. The van der Waals surface area contributed by atoms with Gasteiger partial charge in [0.25, 0.3) is 0 Å². The highest BCUT2D eigenvalue weighted by molar-refractivity contribution is 6.35. The van der Waals surface area contributed by atoms with Crippen LogP contribution in [0.15, 0.2) is 72.8 Å². The number of nitrogens with one attached hydrogen (secondary N) is 1. The SMILES string of the molecule is COc1ccc(CC(=O)N(Cc2ccc(Cl)cc2Cl)[C@H](Cc2ccccc2)C(=O)NC(C)C)cc1. The second kappa shape index (κ2) is 12.6. The van der Waals surface area contributed by atoms with E-state index >= 15 is 0 Å². The van der Waals surface area contributed by atoms with Crippen molar-refractivity contribution in [1.82, 2.24) is 10.2 Å². The summed E-state index contributed by atoms with van der Waals surface area (Å²) >= 11 is 12.6. The van der Waals surface area contributed by atoms with Crippen LogP contribution in [-0.4, -0.2) is 35.9 Å². The second-order valence-electron chi connectivity index (χ2n) is 8.65. The maximum absolute atomic E-state index is 13.7. The van der Waals surface area contributed by atoms with Gasteiger partial charge in [0.05, 0.1) is 13.5 Å². The standard InChI is InChI=1S/C28H30Cl2N2O3/c1-19(2)31-28(34)26(15-20-7-5-4-6-8-20)32(18-22-11-12-23(29)17-25(22)30)27(33)16-21-9-13-24(35-3)14-10-21/h4-14,17,19,26H,15-16,18H2,1-3H3,(H,31,34)/t26-/m1/s1. The van der Waals surface area contributed by atoms with Crippen molar-refractivity contribution in [2.24, 2.45) is 0 Å². The van der Waals surface area contributed by atoms with Gasteiger partial charge in [0, 0.05) is 29.1 Å². The minimum absolute atomic E-state index is 0.0709. The van der Waals surface area contributed by atoms with Gasteiger partial charge in [-0.25, -0.2) is 0 Å². The summed E-state index contributed by atoms with van der Waals surface area (Å²) in [5.74, 6) is 0.322. The molecular formula is C28H30Cl2N2O3. The van der Waals surface area contributed by atoms with Gasteiger partial charge in [-0.1, -0.05) is 71.7 Å². The molecule has 3 aromatic carbocycles. The van der Waals surface area contributed by atoms with Gasteiger partial charge < -0.3 is 15.0 Å². The molecule has 0 aliphatic heterocycles. The number of halogens is 2. The Labute approximate surface area is 217 Å². The van der Waals surface area contributed by atoms with Crippen LogP contribution in [0.4, 0.5) is 0 Å². The lowest BCUT2D eigenvalue weighted by Crippen LogP contribution is -2.52. The number of hydrogen-bond donors (Lipinski definition) is 1. The van der Waals surface area contributed by atoms with Crippen LogP contribution in [0.25, 0.3) is 0 Å². The summed E-state index contributed by atoms with van der Waals surface area (Å²) in [7, 11) is 1.60. The average molecular weight is 513 g/mol. The van der Waals surface area contributed by atoms with Crippen molar-refractivity contribution in [3.63, 3.8) is 0 Å². The normalized spacial score (nSPS) is 11.7. The Balaban J connectivity index is 1.98. The summed E-state index contributed by atoms with van der Waals surface area (Å²) in [6.07, 6.45) is 0.508. The first-order valence-electron chi connectivity index (χ1n) is 11.5. The molecule has 0 aromatic heterocycles. The van der Waals surface area contributed by atoms with Crippen molar-refractivity contribution in [2.45, 2.75) is 45.3 Å². The molecule has 2 amide bonds. The summed E-state index contributed by atoms with van der Waals surface area (Å²) in [5.41, 5.74) is 2.50. The lowest BCUT2D eigenvalue weighted by atomic mass is 10.0. The number of benzene rings is 3. The minimum Gasteiger partial charge on any atom is -0.497 e. The van der Waals surface area contributed by atoms with E-state index in [4.69, 9.17) is 27.9 Å². The minimum atomic E-state index is -0.725. The van der Waals surface area contributed by atoms with Gasteiger partial charge in [-0.15, -0.1) is 0 Å². The molecule has 1 atom stereocenters. The van der Waals surface area contributed by atoms with Crippen molar-refractivity contribution in [2.75, 3.05) is 7.11 Å². The molecule has 0 bridgehead atoms. The van der Waals surface area contributed by atoms with Crippen LogP contribution >= 0.6 is 23.2 Å². The molecule has 0 aliphatic rings. The number of hydrogen-bond acceptors (Lipinski definition) is 3. The fraction of sp³-hybridized carbons (Fsp3) is 0.286. The fourth-order valence-electron chi connectivity index (χ4n) is 3.79. The van der Waals surface area contributed by atoms with Crippen LogP contribution in [0.5, 0.6) is 5.75 Å². The number of nitrogens with zero attached hydrogens (tertiary/aromatic N) is 1. The summed E-state index contributed by atoms with van der Waals surface area (Å²) in [6.45, 7) is 3.97. The molecule has 0 radical (unpaired) electrons. The number of rotatable bonds is 10. The lowest BCUT2D eigenvalue weighted by Gasteiger charge is -2.32. The lowest BCUT2D eigenvalue weighted by molar-refractivity contribution is -0.141. The van der Waals surface area contributed by atoms with Gasteiger partial charge >= 0.3 is 0 Å². The monoisotopic (exact) mass is 512 g/mol. The molecule has 0 unspecified atom stereocenters. The highest BCUT2D eigenvalue weighted by Gasteiger charge is 2.31. The molecule has 184 valence electrons. The smallest absolute Gasteiger partial charge is 0.243 e. The molecule has 5 nitrogen and oxygen atoms in total. The quantitative estimate of drug-likeness (QED) is 0.378. The number of methoxy groups -OCH3 is 1. The van der Waals surface area contributed by atoms with E-state index < -0.39 is 6.04 Å². The van der Waals surface area contributed by atoms with Crippen molar-refractivity contribution in [1.29, 1.82) is 0 Å². The zero-order valence-electron chi connectivity index (χ0n) is 20.1. The highest BCUT2D eigenvalue weighted by Crippen LogP contribution is 2.25.